The highest BCUT2D eigenvalue weighted by atomic mass is 16.5. The molecule has 1 aliphatic carbocycles. The Morgan fingerprint density at radius 1 is 1.17 bits per heavy atom. The summed E-state index contributed by atoms with van der Waals surface area (Å²) in [5, 5.41) is 10.6. The minimum Gasteiger partial charge on any atom is -0.494 e. The molecule has 5 nitrogen and oxygen atoms in total. The lowest BCUT2D eigenvalue weighted by Crippen LogP contribution is -2.39. The molecular weight excluding hydrogens is 380 g/mol. The Morgan fingerprint density at radius 2 is 1.83 bits per heavy atom. The van der Waals surface area contributed by atoms with E-state index in [-0.39, 0.29) is 28.8 Å². The lowest BCUT2D eigenvalue weighted by molar-refractivity contribution is -0.127. The Hall–Kier alpha value is -1.81. The number of carbonyl (C=O) groups is 1. The van der Waals surface area contributed by atoms with Crippen molar-refractivity contribution in [3.05, 3.63) is 40.5 Å². The summed E-state index contributed by atoms with van der Waals surface area (Å²) in [5.74, 6) is -0.639. The molecule has 0 saturated carbocycles. The quantitative estimate of drug-likeness (QED) is 0.372. The number of carbonyl (C=O) groups excluding carboxylic acids is 1. The van der Waals surface area contributed by atoms with Crippen LogP contribution >= 0.6 is 0 Å². The fraction of sp³-hybridized carbons (Fsp3) is 0.680. The Labute approximate surface area is 182 Å². The van der Waals surface area contributed by atoms with Crippen LogP contribution < -0.4 is 0 Å². The smallest absolute Gasteiger partial charge is 0.204 e. The van der Waals surface area contributed by atoms with Crippen molar-refractivity contribution in [1.29, 1.82) is 0 Å². The second-order valence-electron chi connectivity index (χ2n) is 8.77. The molecule has 3 unspecified atom stereocenters. The maximum atomic E-state index is 12.5. The molecule has 0 aliphatic heterocycles. The first kappa shape index (κ1) is 26.2. The number of methoxy groups -OCH3 is 3. The average molecular weight is 421 g/mol. The monoisotopic (exact) mass is 420 g/mol. The van der Waals surface area contributed by atoms with Crippen molar-refractivity contribution in [2.45, 2.75) is 78.4 Å². The zero-order chi connectivity index (χ0) is 22.9. The highest BCUT2D eigenvalue weighted by Crippen LogP contribution is 2.33. The van der Waals surface area contributed by atoms with E-state index in [1.807, 2.05) is 6.92 Å². The van der Waals surface area contributed by atoms with Gasteiger partial charge in [0.2, 0.25) is 11.5 Å². The number of hydrogen-bond donors (Lipinski definition) is 1. The zero-order valence-electron chi connectivity index (χ0n) is 20.0. The fourth-order valence-corrected chi connectivity index (χ4v) is 3.58. The van der Waals surface area contributed by atoms with Crippen LogP contribution in [0.4, 0.5) is 0 Å². The van der Waals surface area contributed by atoms with E-state index < -0.39 is 12.0 Å². The van der Waals surface area contributed by atoms with Crippen molar-refractivity contribution in [2.75, 3.05) is 21.3 Å². The van der Waals surface area contributed by atoms with Gasteiger partial charge in [-0.25, -0.2) is 0 Å². The van der Waals surface area contributed by atoms with Gasteiger partial charge < -0.3 is 19.3 Å². The molecule has 0 radical (unpaired) electrons. The van der Waals surface area contributed by atoms with Crippen LogP contribution in [0.3, 0.4) is 0 Å². The normalized spacial score (nSPS) is 22.6. The van der Waals surface area contributed by atoms with E-state index in [1.54, 1.807) is 20.1 Å². The van der Waals surface area contributed by atoms with Gasteiger partial charge >= 0.3 is 0 Å². The number of hydrogen-bond acceptors (Lipinski definition) is 5. The Balaban J connectivity index is 2.69. The van der Waals surface area contributed by atoms with Gasteiger partial charge in [-0.2, -0.15) is 0 Å². The number of rotatable bonds is 11. The summed E-state index contributed by atoms with van der Waals surface area (Å²) in [5.41, 5.74) is 5.69. The van der Waals surface area contributed by atoms with Gasteiger partial charge in [0, 0.05) is 18.9 Å². The van der Waals surface area contributed by atoms with Crippen LogP contribution in [-0.2, 0) is 19.0 Å². The molecule has 1 N–H and O–H groups in total. The molecule has 1 rings (SSSR count). The molecule has 0 aromatic heterocycles. The summed E-state index contributed by atoms with van der Waals surface area (Å²) >= 11 is 0. The molecule has 0 amide bonds. The molecule has 0 heterocycles. The first-order chi connectivity index (χ1) is 14.1. The van der Waals surface area contributed by atoms with Gasteiger partial charge in [0.05, 0.1) is 19.8 Å². The first-order valence-electron chi connectivity index (χ1n) is 10.8. The molecule has 170 valence electrons. The predicted octanol–water partition coefficient (Wildman–Crippen LogP) is 5.11. The Kier molecular flexibility index (Phi) is 10.6. The largest absolute Gasteiger partial charge is 0.494 e. The highest BCUT2D eigenvalue weighted by Gasteiger charge is 2.41. The summed E-state index contributed by atoms with van der Waals surface area (Å²) < 4.78 is 15.8. The molecule has 5 heteroatoms. The van der Waals surface area contributed by atoms with E-state index in [9.17, 15) is 9.90 Å². The van der Waals surface area contributed by atoms with Crippen molar-refractivity contribution in [3.63, 3.8) is 0 Å². The van der Waals surface area contributed by atoms with Gasteiger partial charge in [-0.05, 0) is 71.4 Å². The standard InChI is InChI=1S/C25H40O5/c1-17(13-10-16-25(4,5)30-8)11-9-12-18(2)14-15-20-19(3)21(26)23(28-6)24(29-7)22(20)27/h11,15,19-20,22,27H,9-10,12-13,16H2,1-8H3. The molecule has 0 saturated heterocycles. The SMILES string of the molecule is COC1=C(OC)C(O)C(C=C=C(C)CCC=C(C)CCCC(C)(C)OC)C(C)C1=O. The van der Waals surface area contributed by atoms with E-state index in [0.29, 0.717) is 0 Å². The van der Waals surface area contributed by atoms with Crippen LogP contribution in [0.1, 0.15) is 66.7 Å². The third-order valence-corrected chi connectivity index (χ3v) is 5.93. The Bertz CT molecular complexity index is 707. The molecule has 1 aliphatic rings. The summed E-state index contributed by atoms with van der Waals surface area (Å²) in [4.78, 5) is 12.5. The number of ketones is 1. The Morgan fingerprint density at radius 3 is 2.40 bits per heavy atom. The number of ether oxygens (including phenoxy) is 3. The molecule has 0 fully saturated rings. The van der Waals surface area contributed by atoms with Crippen molar-refractivity contribution in [3.8, 4) is 0 Å². The van der Waals surface area contributed by atoms with Crippen LogP contribution in [0.5, 0.6) is 0 Å². The molecular formula is C25H40O5. The topological polar surface area (TPSA) is 65.0 Å². The van der Waals surface area contributed by atoms with Crippen LogP contribution in [0.15, 0.2) is 40.5 Å². The predicted molar refractivity (Wildman–Crippen MR) is 120 cm³/mol. The van der Waals surface area contributed by atoms with Crippen molar-refractivity contribution in [2.24, 2.45) is 11.8 Å². The minimum atomic E-state index is -0.920. The molecule has 3 atom stereocenters. The maximum absolute atomic E-state index is 12.5. The lowest BCUT2D eigenvalue weighted by Gasteiger charge is -2.31. The molecule has 0 aromatic carbocycles. The van der Waals surface area contributed by atoms with Crippen LogP contribution in [-0.4, -0.2) is 43.9 Å². The van der Waals surface area contributed by atoms with Crippen molar-refractivity contribution >= 4 is 5.78 Å². The molecule has 30 heavy (non-hydrogen) atoms. The molecule has 0 spiro atoms. The first-order valence-corrected chi connectivity index (χ1v) is 10.8. The van der Waals surface area contributed by atoms with Gasteiger partial charge in [-0.15, -0.1) is 5.73 Å². The summed E-state index contributed by atoms with van der Waals surface area (Å²) in [6, 6.07) is 0. The average Bonchev–Trinajstić information content (AvgIpc) is 2.70. The van der Waals surface area contributed by atoms with Gasteiger partial charge in [0.1, 0.15) is 6.10 Å². The van der Waals surface area contributed by atoms with Crippen LogP contribution in [0, 0.1) is 11.8 Å². The second-order valence-corrected chi connectivity index (χ2v) is 8.77. The number of Topliss-reactive ketones (excluding diaryl/α,β-unsaturated/α-hetero) is 1. The van der Waals surface area contributed by atoms with Crippen LogP contribution in [0.25, 0.3) is 0 Å². The van der Waals surface area contributed by atoms with Gasteiger partial charge in [0.15, 0.2) is 5.76 Å². The van der Waals surface area contributed by atoms with Gasteiger partial charge in [-0.3, -0.25) is 4.79 Å². The van der Waals surface area contributed by atoms with Gasteiger partial charge in [0.25, 0.3) is 0 Å². The third-order valence-electron chi connectivity index (χ3n) is 5.93. The van der Waals surface area contributed by atoms with Crippen LogP contribution in [0.2, 0.25) is 0 Å². The van der Waals surface area contributed by atoms with E-state index in [2.05, 4.69) is 32.6 Å². The number of aliphatic hydroxyl groups is 1. The third kappa shape index (κ3) is 7.46. The van der Waals surface area contributed by atoms with Gasteiger partial charge in [-0.1, -0.05) is 18.6 Å². The molecule has 0 aromatic rings. The second kappa shape index (κ2) is 12.1. The highest BCUT2D eigenvalue weighted by molar-refractivity contribution is 5.97. The van der Waals surface area contributed by atoms with E-state index >= 15 is 0 Å². The molecule has 0 bridgehead atoms. The minimum absolute atomic E-state index is 0.0610. The van der Waals surface area contributed by atoms with E-state index in [4.69, 9.17) is 14.2 Å². The zero-order valence-corrected chi connectivity index (χ0v) is 20.0. The van der Waals surface area contributed by atoms with Crippen molar-refractivity contribution in [1.82, 2.24) is 0 Å². The maximum Gasteiger partial charge on any atom is 0.204 e. The number of allylic oxidation sites excluding steroid dienone is 3. The number of aliphatic hydroxyl groups excluding tert-OH is 1. The fourth-order valence-electron chi connectivity index (χ4n) is 3.58. The van der Waals surface area contributed by atoms with E-state index in [1.165, 1.54) is 19.8 Å². The summed E-state index contributed by atoms with van der Waals surface area (Å²) in [7, 11) is 4.62. The lowest BCUT2D eigenvalue weighted by atomic mass is 9.79. The van der Waals surface area contributed by atoms with Crippen molar-refractivity contribution < 1.29 is 24.1 Å². The summed E-state index contributed by atoms with van der Waals surface area (Å²) in [6.45, 7) is 10.2. The van der Waals surface area contributed by atoms with E-state index in [0.717, 1.165) is 37.7 Å². The summed E-state index contributed by atoms with van der Waals surface area (Å²) in [6.07, 6.45) is 8.23.